The fourth-order valence-electron chi connectivity index (χ4n) is 10.6. The van der Waals surface area contributed by atoms with Gasteiger partial charge in [0, 0.05) is 10.8 Å². The summed E-state index contributed by atoms with van der Waals surface area (Å²) in [6.07, 6.45) is 12.5. The molecule has 4 saturated carbocycles. The van der Waals surface area contributed by atoms with Gasteiger partial charge in [-0.2, -0.15) is 0 Å². The number of fused-ring (bicyclic) bond motifs is 7. The Bertz CT molecular complexity index is 825. The van der Waals surface area contributed by atoms with Crippen molar-refractivity contribution in [3.63, 3.8) is 0 Å². The lowest BCUT2D eigenvalue weighted by atomic mass is 9.31. The summed E-state index contributed by atoms with van der Waals surface area (Å²) in [6.45, 7) is 19.6. The molecule has 5 aliphatic carbocycles. The molecule has 9 unspecified atom stereocenters. The van der Waals surface area contributed by atoms with E-state index in [9.17, 15) is 10.2 Å². The van der Waals surface area contributed by atoms with Crippen LogP contribution in [0.15, 0.2) is 11.6 Å². The van der Waals surface area contributed by atoms with Crippen LogP contribution in [-0.2, 0) is 0 Å². The number of aliphatic hydroxyl groups excluding tert-OH is 2. The minimum absolute atomic E-state index is 0.0926. The van der Waals surface area contributed by atoms with Gasteiger partial charge in [0.1, 0.15) is 0 Å². The highest BCUT2D eigenvalue weighted by Crippen LogP contribution is 2.76. The minimum Gasteiger partial charge on any atom is -0.393 e. The molecule has 2 nitrogen and oxygen atoms in total. The van der Waals surface area contributed by atoms with Crippen molar-refractivity contribution in [3.05, 3.63) is 11.6 Å². The molecule has 0 heterocycles. The Hall–Kier alpha value is -0.340. The van der Waals surface area contributed by atoms with Crippen LogP contribution in [0.3, 0.4) is 0 Å². The Morgan fingerprint density at radius 2 is 1.38 bits per heavy atom. The molecule has 0 aromatic heterocycles. The maximum Gasteiger partial charge on any atom is 0.0605 e. The third-order valence-electron chi connectivity index (χ3n) is 13.0. The average Bonchev–Trinajstić information content (AvgIpc) is 2.70. The molecule has 0 aromatic carbocycles. The van der Waals surface area contributed by atoms with Gasteiger partial charge in [0.15, 0.2) is 0 Å². The minimum atomic E-state index is -0.274. The quantitative estimate of drug-likeness (QED) is 0.391. The Morgan fingerprint density at radius 1 is 0.719 bits per heavy atom. The van der Waals surface area contributed by atoms with E-state index in [4.69, 9.17) is 0 Å². The Kier molecular flexibility index (Phi) is 4.87. The van der Waals surface area contributed by atoms with Crippen LogP contribution < -0.4 is 0 Å². The van der Waals surface area contributed by atoms with E-state index in [0.29, 0.717) is 23.2 Å². The summed E-state index contributed by atoms with van der Waals surface area (Å²) in [6, 6.07) is 0. The molecular formula is C30H50O2. The molecule has 0 radical (unpaired) electrons. The zero-order chi connectivity index (χ0) is 23.5. The first-order valence-corrected chi connectivity index (χ1v) is 13.7. The maximum atomic E-state index is 12.0. The summed E-state index contributed by atoms with van der Waals surface area (Å²) in [5.41, 5.74) is 2.42. The van der Waals surface area contributed by atoms with E-state index in [1.54, 1.807) is 5.57 Å². The first-order chi connectivity index (χ1) is 14.6. The second-order valence-electron chi connectivity index (χ2n) is 15.2. The molecule has 32 heavy (non-hydrogen) atoms. The number of allylic oxidation sites excluding steroid dienone is 2. The zero-order valence-electron chi connectivity index (χ0n) is 22.2. The summed E-state index contributed by atoms with van der Waals surface area (Å²) in [7, 11) is 0. The number of aliphatic hydroxyl groups is 2. The van der Waals surface area contributed by atoms with Gasteiger partial charge in [-0.1, -0.05) is 67.0 Å². The zero-order valence-corrected chi connectivity index (χ0v) is 22.2. The molecule has 2 heteroatoms. The van der Waals surface area contributed by atoms with Gasteiger partial charge in [0.05, 0.1) is 12.2 Å². The highest BCUT2D eigenvalue weighted by molar-refractivity contribution is 5.32. The molecule has 0 aromatic rings. The molecule has 182 valence electrons. The van der Waals surface area contributed by atoms with Crippen molar-refractivity contribution in [2.75, 3.05) is 0 Å². The predicted octanol–water partition coefficient (Wildman–Crippen LogP) is 7.14. The van der Waals surface area contributed by atoms with Crippen LogP contribution in [0.5, 0.6) is 0 Å². The monoisotopic (exact) mass is 442 g/mol. The molecule has 0 bridgehead atoms. The van der Waals surface area contributed by atoms with Crippen molar-refractivity contribution in [1.29, 1.82) is 0 Å². The van der Waals surface area contributed by atoms with Crippen molar-refractivity contribution in [3.8, 4) is 0 Å². The van der Waals surface area contributed by atoms with E-state index in [2.05, 4.69) is 61.5 Å². The van der Waals surface area contributed by atoms with Gasteiger partial charge in [0.25, 0.3) is 0 Å². The first kappa shape index (κ1) is 23.4. The molecule has 0 spiro atoms. The van der Waals surface area contributed by atoms with Crippen LogP contribution in [0, 0.1) is 50.2 Å². The SMILES string of the molecule is CC1(C)C=C2C3CCC4C5(C)C(O)CCC(C)(C)C5CC(O)C4(C)C3(C)CCC2(C)CC1. The van der Waals surface area contributed by atoms with Crippen LogP contribution in [-0.4, -0.2) is 22.4 Å². The predicted molar refractivity (Wildman–Crippen MR) is 132 cm³/mol. The molecule has 9 atom stereocenters. The highest BCUT2D eigenvalue weighted by Gasteiger charge is 2.72. The fraction of sp³-hybridized carbons (Fsp3) is 0.933. The largest absolute Gasteiger partial charge is 0.393 e. The number of hydrogen-bond acceptors (Lipinski definition) is 2. The smallest absolute Gasteiger partial charge is 0.0605 e. The average molecular weight is 443 g/mol. The first-order valence-electron chi connectivity index (χ1n) is 13.7. The van der Waals surface area contributed by atoms with E-state index < -0.39 is 0 Å². The standard InChI is InChI=1S/C30H50O2/c1-25(2)13-14-27(5)15-16-28(6)19(20(27)18-25)9-10-21-29(7)22(17-24(32)30(21,28)8)26(3,4)12-11-23(29)31/h18-19,21-24,31-32H,9-17H2,1-8H3. The van der Waals surface area contributed by atoms with Crippen molar-refractivity contribution in [2.45, 2.75) is 125 Å². The van der Waals surface area contributed by atoms with Crippen molar-refractivity contribution in [1.82, 2.24) is 0 Å². The lowest BCUT2D eigenvalue weighted by Gasteiger charge is -2.73. The van der Waals surface area contributed by atoms with Gasteiger partial charge in [-0.3, -0.25) is 0 Å². The van der Waals surface area contributed by atoms with Crippen molar-refractivity contribution in [2.24, 2.45) is 50.2 Å². The van der Waals surface area contributed by atoms with Crippen molar-refractivity contribution >= 4 is 0 Å². The van der Waals surface area contributed by atoms with E-state index in [0.717, 1.165) is 25.7 Å². The van der Waals surface area contributed by atoms with E-state index in [1.807, 2.05) is 0 Å². The van der Waals surface area contributed by atoms with Gasteiger partial charge < -0.3 is 10.2 Å². The van der Waals surface area contributed by atoms with Crippen LogP contribution in [0.1, 0.15) is 113 Å². The van der Waals surface area contributed by atoms with E-state index in [-0.39, 0.29) is 39.3 Å². The summed E-state index contributed by atoms with van der Waals surface area (Å²) in [5.74, 6) is 1.36. The number of rotatable bonds is 0. The van der Waals surface area contributed by atoms with Crippen LogP contribution in [0.2, 0.25) is 0 Å². The topological polar surface area (TPSA) is 40.5 Å². The van der Waals surface area contributed by atoms with Gasteiger partial charge >= 0.3 is 0 Å². The number of hydrogen-bond donors (Lipinski definition) is 2. The summed E-state index contributed by atoms with van der Waals surface area (Å²) < 4.78 is 0. The van der Waals surface area contributed by atoms with Crippen LogP contribution >= 0.6 is 0 Å². The molecule has 0 aliphatic heterocycles. The van der Waals surface area contributed by atoms with Gasteiger partial charge in [-0.05, 0) is 97.2 Å². The lowest BCUT2D eigenvalue weighted by Crippen LogP contribution is -2.71. The Morgan fingerprint density at radius 3 is 2.06 bits per heavy atom. The summed E-state index contributed by atoms with van der Waals surface area (Å²) in [4.78, 5) is 0. The molecule has 2 N–H and O–H groups in total. The second kappa shape index (κ2) is 6.66. The summed E-state index contributed by atoms with van der Waals surface area (Å²) >= 11 is 0. The highest BCUT2D eigenvalue weighted by atomic mass is 16.3. The second-order valence-corrected chi connectivity index (χ2v) is 15.2. The van der Waals surface area contributed by atoms with E-state index in [1.165, 1.54) is 32.1 Å². The van der Waals surface area contributed by atoms with Gasteiger partial charge in [-0.25, -0.2) is 0 Å². The Balaban J connectivity index is 1.63. The molecular weight excluding hydrogens is 392 g/mol. The fourth-order valence-corrected chi connectivity index (χ4v) is 10.6. The Labute approximate surface area is 197 Å². The molecule has 0 amide bonds. The van der Waals surface area contributed by atoms with E-state index >= 15 is 0 Å². The van der Waals surface area contributed by atoms with Gasteiger partial charge in [-0.15, -0.1) is 0 Å². The third kappa shape index (κ3) is 2.72. The summed E-state index contributed by atoms with van der Waals surface area (Å²) in [5, 5.41) is 23.5. The molecule has 5 aliphatic rings. The van der Waals surface area contributed by atoms with Crippen molar-refractivity contribution < 1.29 is 10.2 Å². The van der Waals surface area contributed by atoms with Crippen LogP contribution in [0.4, 0.5) is 0 Å². The normalized spacial score (nSPS) is 56.2. The third-order valence-corrected chi connectivity index (χ3v) is 13.0. The maximum absolute atomic E-state index is 12.0. The molecule has 4 fully saturated rings. The molecule has 5 rings (SSSR count). The lowest BCUT2D eigenvalue weighted by molar-refractivity contribution is -0.280. The van der Waals surface area contributed by atoms with Crippen LogP contribution in [0.25, 0.3) is 0 Å². The van der Waals surface area contributed by atoms with Gasteiger partial charge in [0.2, 0.25) is 0 Å². The molecule has 0 saturated heterocycles.